The van der Waals surface area contributed by atoms with Crippen LogP contribution in [-0.4, -0.2) is 49.8 Å². The van der Waals surface area contributed by atoms with Gasteiger partial charge in [0.25, 0.3) is 0 Å². The second kappa shape index (κ2) is 37.5. The third-order valence-corrected chi connectivity index (χ3v) is 8.72. The summed E-state index contributed by atoms with van der Waals surface area (Å²) in [5.74, 6) is 0. The summed E-state index contributed by atoms with van der Waals surface area (Å²) in [6.07, 6.45) is 44.0. The first-order chi connectivity index (χ1) is 21.3. The van der Waals surface area contributed by atoms with E-state index in [1.54, 1.807) is 0 Å². The maximum absolute atomic E-state index is 6.09. The van der Waals surface area contributed by atoms with E-state index in [0.717, 1.165) is 31.8 Å². The van der Waals surface area contributed by atoms with Crippen LogP contribution >= 0.6 is 11.6 Å². The lowest BCUT2D eigenvalue weighted by Crippen LogP contribution is -2.27. The number of hydrogen-bond donors (Lipinski definition) is 0. The van der Waals surface area contributed by atoms with Gasteiger partial charge in [-0.1, -0.05) is 152 Å². The van der Waals surface area contributed by atoms with E-state index in [1.165, 1.54) is 154 Å². The minimum atomic E-state index is 0.475. The van der Waals surface area contributed by atoms with Crippen LogP contribution < -0.4 is 0 Å². The summed E-state index contributed by atoms with van der Waals surface area (Å²) >= 11 is 6.09. The second-order valence-electron chi connectivity index (χ2n) is 12.7. The van der Waals surface area contributed by atoms with Gasteiger partial charge in [0.2, 0.25) is 11.7 Å². The van der Waals surface area contributed by atoms with Crippen LogP contribution in [-0.2, 0) is 9.47 Å². The molecule has 0 heterocycles. The molecule has 0 N–H and O–H groups in total. The van der Waals surface area contributed by atoms with Crippen molar-refractivity contribution in [1.29, 1.82) is 0 Å². The Kier molecular flexibility index (Phi) is 37.0. The zero-order chi connectivity index (χ0) is 31.3. The summed E-state index contributed by atoms with van der Waals surface area (Å²) in [5, 5.41) is 0. The fraction of sp³-hybridized carbons (Fsp3) is 0.872. The average Bonchev–Trinajstić information content (AvgIpc) is 3.02. The molecule has 4 heteroatoms. The fourth-order valence-electron chi connectivity index (χ4n) is 5.28. The van der Waals surface area contributed by atoms with Crippen LogP contribution in [0.15, 0.2) is 24.3 Å². The maximum Gasteiger partial charge on any atom is 0.217 e. The third kappa shape index (κ3) is 34.1. The number of alkyl halides is 1. The Morgan fingerprint density at radius 2 is 0.767 bits per heavy atom. The van der Waals surface area contributed by atoms with Crippen LogP contribution in [0.5, 0.6) is 0 Å². The number of unbranched alkanes of at least 4 members (excludes halogenated alkanes) is 22. The van der Waals surface area contributed by atoms with Crippen LogP contribution in [0.3, 0.4) is 0 Å². The zero-order valence-corrected chi connectivity index (χ0v) is 30.1. The Hall–Kier alpha value is -0.640. The van der Waals surface area contributed by atoms with Crippen LogP contribution in [0, 0.1) is 0 Å². The molecule has 0 aromatic carbocycles. The molecule has 0 unspecified atom stereocenters. The number of allylic oxidation sites excluding steroid dienone is 4. The van der Waals surface area contributed by atoms with E-state index in [4.69, 9.17) is 21.1 Å². The number of halogens is 1. The summed E-state index contributed by atoms with van der Waals surface area (Å²) in [5.41, 5.74) is 1.15. The molecule has 43 heavy (non-hydrogen) atoms. The quantitative estimate of drug-likeness (QED) is 0.0175. The molecule has 0 amide bonds. The van der Waals surface area contributed by atoms with Gasteiger partial charge in [-0.25, -0.2) is 4.58 Å². The van der Waals surface area contributed by atoms with Crippen LogP contribution in [0.4, 0.5) is 0 Å². The van der Waals surface area contributed by atoms with E-state index in [1.807, 2.05) is 7.05 Å². The highest BCUT2D eigenvalue weighted by Gasteiger charge is 2.11. The number of rotatable bonds is 35. The van der Waals surface area contributed by atoms with Gasteiger partial charge in [0.1, 0.15) is 20.3 Å². The van der Waals surface area contributed by atoms with Crippen molar-refractivity contribution in [2.24, 2.45) is 0 Å². The largest absolute Gasteiger partial charge is 0.371 e. The van der Waals surface area contributed by atoms with Crippen LogP contribution in [0.25, 0.3) is 0 Å². The Balaban J connectivity index is 3.57. The van der Waals surface area contributed by atoms with E-state index in [-0.39, 0.29) is 0 Å². The summed E-state index contributed by atoms with van der Waals surface area (Å²) in [6.45, 7) is 7.47. The van der Waals surface area contributed by atoms with Gasteiger partial charge < -0.3 is 9.47 Å². The molecule has 0 fully saturated rings. The Morgan fingerprint density at radius 1 is 0.465 bits per heavy atom. The van der Waals surface area contributed by atoms with Crippen molar-refractivity contribution in [3.63, 3.8) is 0 Å². The molecule has 0 saturated heterocycles. The smallest absolute Gasteiger partial charge is 0.217 e. The molecule has 0 aliphatic rings. The van der Waals surface area contributed by atoms with Crippen molar-refractivity contribution in [2.45, 2.75) is 181 Å². The molecule has 0 aliphatic carbocycles. The second-order valence-corrected chi connectivity index (χ2v) is 12.9. The highest BCUT2D eigenvalue weighted by molar-refractivity contribution is 6.17. The first-order valence-electron chi connectivity index (χ1n) is 18.8. The molecule has 0 spiro atoms. The molecule has 0 saturated carbocycles. The Bertz CT molecular complexity index is 585. The van der Waals surface area contributed by atoms with Crippen molar-refractivity contribution >= 4 is 17.3 Å². The third-order valence-electron chi connectivity index (χ3n) is 8.36. The molecular weight excluding hydrogens is 550 g/mol. The minimum Gasteiger partial charge on any atom is -0.371 e. The number of nitrogens with zero attached hydrogens (tertiary/aromatic N) is 1. The van der Waals surface area contributed by atoms with Crippen molar-refractivity contribution in [3.05, 3.63) is 24.3 Å². The van der Waals surface area contributed by atoms with E-state index < -0.39 is 0 Å². The summed E-state index contributed by atoms with van der Waals surface area (Å²) in [4.78, 5) is 0. The SMILES string of the molecule is CCCCCCCC/C=C\CCCCCCCOCC(COCCCCCCC/C=C\CCCCCCCC)=[N+](C)CCl. The summed E-state index contributed by atoms with van der Waals surface area (Å²) in [6, 6.07) is 0.475. The predicted molar refractivity (Wildman–Crippen MR) is 193 cm³/mol. The van der Waals surface area contributed by atoms with E-state index in [9.17, 15) is 0 Å². The monoisotopic (exact) mass is 625 g/mol. The van der Waals surface area contributed by atoms with Crippen LogP contribution in [0.2, 0.25) is 0 Å². The zero-order valence-electron chi connectivity index (χ0n) is 29.4. The van der Waals surface area contributed by atoms with Gasteiger partial charge in [-0.15, -0.1) is 0 Å². The predicted octanol–water partition coefficient (Wildman–Crippen LogP) is 12.6. The number of ether oxygens (including phenoxy) is 2. The molecule has 0 radical (unpaired) electrons. The molecular formula is C39H75ClNO2+. The average molecular weight is 625 g/mol. The molecule has 254 valence electrons. The number of hydrogen-bond acceptors (Lipinski definition) is 2. The molecule has 0 bridgehead atoms. The Labute approximate surface area is 275 Å². The normalized spacial score (nSPS) is 11.8. The fourth-order valence-corrected chi connectivity index (χ4v) is 5.45. The topological polar surface area (TPSA) is 21.5 Å². The van der Waals surface area contributed by atoms with Gasteiger partial charge in [-0.05, 0) is 64.2 Å². The first kappa shape index (κ1) is 42.4. The van der Waals surface area contributed by atoms with Gasteiger partial charge in [0, 0.05) is 13.2 Å². The van der Waals surface area contributed by atoms with Crippen molar-refractivity contribution in [3.8, 4) is 0 Å². The lowest BCUT2D eigenvalue weighted by atomic mass is 10.1. The Morgan fingerprint density at radius 3 is 1.09 bits per heavy atom. The van der Waals surface area contributed by atoms with Crippen LogP contribution in [0.1, 0.15) is 181 Å². The van der Waals surface area contributed by atoms with E-state index in [0.29, 0.717) is 19.2 Å². The lowest BCUT2D eigenvalue weighted by molar-refractivity contribution is -0.481. The lowest BCUT2D eigenvalue weighted by Gasteiger charge is -2.08. The standard InChI is InChI=1S/C39H75ClNO2/c1-4-6-8-10-12-14-16-18-20-22-24-26-28-30-32-34-42-36-39(41(3)38-40)37-43-35-33-31-29-27-25-23-21-19-17-15-13-11-9-7-5-2/h18-21H,4-17,22-38H2,1-3H3/q+1/b20-18-,21-19-. The van der Waals surface area contributed by atoms with Gasteiger partial charge in [-0.3, -0.25) is 0 Å². The van der Waals surface area contributed by atoms with E-state index >= 15 is 0 Å². The van der Waals surface area contributed by atoms with E-state index in [2.05, 4.69) is 42.7 Å². The minimum absolute atomic E-state index is 0.475. The highest BCUT2D eigenvalue weighted by Crippen LogP contribution is 2.11. The molecule has 0 aliphatic heterocycles. The summed E-state index contributed by atoms with van der Waals surface area (Å²) < 4.78 is 14.0. The molecule has 0 atom stereocenters. The molecule has 0 aromatic rings. The first-order valence-corrected chi connectivity index (χ1v) is 19.4. The van der Waals surface area contributed by atoms with Gasteiger partial charge >= 0.3 is 0 Å². The maximum atomic E-state index is 6.09. The van der Waals surface area contributed by atoms with Crippen molar-refractivity contribution < 1.29 is 14.0 Å². The van der Waals surface area contributed by atoms with Gasteiger partial charge in [0.15, 0.2) is 0 Å². The molecule has 0 rings (SSSR count). The van der Waals surface area contributed by atoms with Gasteiger partial charge in [-0.2, -0.15) is 0 Å². The van der Waals surface area contributed by atoms with Crippen molar-refractivity contribution in [2.75, 3.05) is 39.5 Å². The molecule has 0 aromatic heterocycles. The van der Waals surface area contributed by atoms with Gasteiger partial charge in [0.05, 0.1) is 0 Å². The molecule has 3 nitrogen and oxygen atoms in total. The van der Waals surface area contributed by atoms with Crippen molar-refractivity contribution in [1.82, 2.24) is 0 Å². The highest BCUT2D eigenvalue weighted by atomic mass is 35.5. The summed E-state index contributed by atoms with van der Waals surface area (Å²) in [7, 11) is 2.03.